The predicted octanol–water partition coefficient (Wildman–Crippen LogP) is 3.71. The maximum Gasteiger partial charge on any atom is 0.0302 e. The van der Waals surface area contributed by atoms with Crippen LogP contribution in [0.25, 0.3) is 0 Å². The third kappa shape index (κ3) is 4.38. The molecule has 2 nitrogen and oxygen atoms in total. The lowest BCUT2D eigenvalue weighted by atomic mass is 10.0. The lowest BCUT2D eigenvalue weighted by Gasteiger charge is -2.24. The minimum absolute atomic E-state index is 0.469. The fourth-order valence-corrected chi connectivity index (χ4v) is 3.60. The van der Waals surface area contributed by atoms with Gasteiger partial charge in [0.05, 0.1) is 0 Å². The highest BCUT2D eigenvalue weighted by atomic mass is 32.1. The van der Waals surface area contributed by atoms with E-state index in [0.29, 0.717) is 18.1 Å². The van der Waals surface area contributed by atoms with E-state index in [1.54, 1.807) is 11.3 Å². The van der Waals surface area contributed by atoms with Crippen LogP contribution in [-0.2, 0) is 0 Å². The first-order valence-corrected chi connectivity index (χ1v) is 8.21. The first-order chi connectivity index (χ1) is 8.75. The van der Waals surface area contributed by atoms with Gasteiger partial charge in [0.1, 0.15) is 0 Å². The zero-order chi connectivity index (χ0) is 12.8. The van der Waals surface area contributed by atoms with E-state index in [9.17, 15) is 0 Å². The molecule has 0 aliphatic carbocycles. The third-order valence-electron chi connectivity index (χ3n) is 3.88. The van der Waals surface area contributed by atoms with Gasteiger partial charge in [-0.05, 0) is 62.0 Å². The van der Waals surface area contributed by atoms with Gasteiger partial charge in [0.25, 0.3) is 0 Å². The van der Waals surface area contributed by atoms with E-state index in [4.69, 9.17) is 0 Å². The molecule has 2 rings (SSSR count). The third-order valence-corrected chi connectivity index (χ3v) is 4.58. The summed E-state index contributed by atoms with van der Waals surface area (Å²) in [7, 11) is 0. The lowest BCUT2D eigenvalue weighted by Crippen LogP contribution is -2.37. The van der Waals surface area contributed by atoms with Crippen LogP contribution in [0.3, 0.4) is 0 Å². The Balaban J connectivity index is 1.75. The van der Waals surface area contributed by atoms with Crippen LogP contribution in [0.2, 0.25) is 0 Å². The Bertz CT molecular complexity index is 315. The number of hydrogen-bond acceptors (Lipinski definition) is 3. The highest BCUT2D eigenvalue weighted by Crippen LogP contribution is 2.18. The summed E-state index contributed by atoms with van der Waals surface area (Å²) in [5.41, 5.74) is 1.42. The molecule has 3 heteroatoms. The Labute approximate surface area is 115 Å². The van der Waals surface area contributed by atoms with Crippen LogP contribution in [0.15, 0.2) is 16.8 Å². The maximum absolute atomic E-state index is 3.72. The van der Waals surface area contributed by atoms with Crippen LogP contribution in [0.1, 0.15) is 57.6 Å². The predicted molar refractivity (Wildman–Crippen MR) is 80.2 cm³/mol. The van der Waals surface area contributed by atoms with E-state index in [2.05, 4.69) is 41.3 Å². The monoisotopic (exact) mass is 266 g/mol. The molecule has 0 bridgehead atoms. The second-order valence-electron chi connectivity index (χ2n) is 5.58. The van der Waals surface area contributed by atoms with Gasteiger partial charge in [-0.3, -0.25) is 0 Å². The molecule has 3 unspecified atom stereocenters. The second kappa shape index (κ2) is 7.27. The van der Waals surface area contributed by atoms with Crippen molar-refractivity contribution >= 4 is 11.3 Å². The van der Waals surface area contributed by atoms with Crippen molar-refractivity contribution in [3.8, 4) is 0 Å². The molecule has 0 amide bonds. The molecule has 1 aromatic rings. The maximum atomic E-state index is 3.72. The average Bonchev–Trinajstić information content (AvgIpc) is 2.76. The van der Waals surface area contributed by atoms with Crippen molar-refractivity contribution in [3.05, 3.63) is 22.4 Å². The van der Waals surface area contributed by atoms with E-state index in [1.165, 1.54) is 44.2 Å². The van der Waals surface area contributed by atoms with Gasteiger partial charge in [-0.15, -0.1) is 0 Å². The van der Waals surface area contributed by atoms with Gasteiger partial charge in [-0.25, -0.2) is 0 Å². The molecular weight excluding hydrogens is 240 g/mol. The topological polar surface area (TPSA) is 24.1 Å². The quantitative estimate of drug-likeness (QED) is 0.849. The number of nitrogens with one attached hydrogen (secondary N) is 2. The first kappa shape index (κ1) is 14.0. The summed E-state index contributed by atoms with van der Waals surface area (Å²) in [5.74, 6) is 0. The zero-order valence-corrected chi connectivity index (χ0v) is 12.4. The molecule has 0 saturated carbocycles. The molecule has 1 aliphatic heterocycles. The van der Waals surface area contributed by atoms with Gasteiger partial charge in [0, 0.05) is 18.1 Å². The lowest BCUT2D eigenvalue weighted by molar-refractivity contribution is 0.381. The van der Waals surface area contributed by atoms with Crippen molar-refractivity contribution in [2.45, 2.75) is 64.1 Å². The summed E-state index contributed by atoms with van der Waals surface area (Å²) in [6.45, 7) is 5.78. The molecule has 0 radical (unpaired) electrons. The fraction of sp³-hybridized carbons (Fsp3) is 0.733. The van der Waals surface area contributed by atoms with Gasteiger partial charge in [0.2, 0.25) is 0 Å². The molecule has 1 aromatic heterocycles. The number of rotatable bonds is 5. The van der Waals surface area contributed by atoms with E-state index >= 15 is 0 Å². The molecule has 18 heavy (non-hydrogen) atoms. The van der Waals surface area contributed by atoms with Gasteiger partial charge in [-0.2, -0.15) is 11.3 Å². The largest absolute Gasteiger partial charge is 0.314 e. The van der Waals surface area contributed by atoms with E-state index in [1.807, 2.05) is 0 Å². The van der Waals surface area contributed by atoms with E-state index < -0.39 is 0 Å². The summed E-state index contributed by atoms with van der Waals surface area (Å²) in [6.07, 6.45) is 6.73. The summed E-state index contributed by atoms with van der Waals surface area (Å²) in [5, 5.41) is 11.8. The van der Waals surface area contributed by atoms with Crippen LogP contribution in [0, 0.1) is 0 Å². The Morgan fingerprint density at radius 2 is 2.28 bits per heavy atom. The van der Waals surface area contributed by atoms with Crippen molar-refractivity contribution in [1.29, 1.82) is 0 Å². The standard InChI is InChI=1S/C15H26N2S/c1-12(10-15-6-4-3-5-8-16-15)17-13(2)14-7-9-18-11-14/h7,9,11-13,15-17H,3-6,8,10H2,1-2H3. The van der Waals surface area contributed by atoms with Crippen LogP contribution in [-0.4, -0.2) is 18.6 Å². The second-order valence-corrected chi connectivity index (χ2v) is 6.36. The van der Waals surface area contributed by atoms with Crippen LogP contribution in [0.5, 0.6) is 0 Å². The van der Waals surface area contributed by atoms with Crippen molar-refractivity contribution in [2.24, 2.45) is 0 Å². The van der Waals surface area contributed by atoms with Crippen molar-refractivity contribution in [2.75, 3.05) is 6.54 Å². The minimum atomic E-state index is 0.469. The zero-order valence-electron chi connectivity index (χ0n) is 11.6. The molecule has 2 N–H and O–H groups in total. The Morgan fingerprint density at radius 1 is 1.39 bits per heavy atom. The van der Waals surface area contributed by atoms with Crippen molar-refractivity contribution in [1.82, 2.24) is 10.6 Å². The SMILES string of the molecule is CC(CC1CCCCCN1)NC(C)c1ccsc1. The normalized spacial score (nSPS) is 24.4. The Hall–Kier alpha value is -0.380. The molecule has 1 fully saturated rings. The van der Waals surface area contributed by atoms with Crippen molar-refractivity contribution < 1.29 is 0 Å². The van der Waals surface area contributed by atoms with Gasteiger partial charge in [0.15, 0.2) is 0 Å². The fourth-order valence-electron chi connectivity index (χ4n) is 2.84. The average molecular weight is 266 g/mol. The highest BCUT2D eigenvalue weighted by molar-refractivity contribution is 7.07. The Kier molecular flexibility index (Phi) is 5.67. The van der Waals surface area contributed by atoms with E-state index in [-0.39, 0.29) is 0 Å². The van der Waals surface area contributed by atoms with Gasteiger partial charge < -0.3 is 10.6 Å². The molecular formula is C15H26N2S. The molecule has 3 atom stereocenters. The van der Waals surface area contributed by atoms with Crippen LogP contribution in [0.4, 0.5) is 0 Å². The number of thiophene rings is 1. The molecule has 1 saturated heterocycles. The van der Waals surface area contributed by atoms with Crippen molar-refractivity contribution in [3.63, 3.8) is 0 Å². The summed E-state index contributed by atoms with van der Waals surface area (Å²) < 4.78 is 0. The summed E-state index contributed by atoms with van der Waals surface area (Å²) in [6, 6.07) is 3.98. The smallest absolute Gasteiger partial charge is 0.0302 e. The van der Waals surface area contributed by atoms with E-state index in [0.717, 1.165) is 0 Å². The first-order valence-electron chi connectivity index (χ1n) is 7.27. The molecule has 1 aliphatic rings. The van der Waals surface area contributed by atoms with Crippen LogP contribution >= 0.6 is 11.3 Å². The highest BCUT2D eigenvalue weighted by Gasteiger charge is 2.16. The number of hydrogen-bond donors (Lipinski definition) is 2. The summed E-state index contributed by atoms with van der Waals surface area (Å²) in [4.78, 5) is 0. The Morgan fingerprint density at radius 3 is 3.06 bits per heavy atom. The molecule has 102 valence electrons. The molecule has 0 aromatic carbocycles. The molecule has 0 spiro atoms. The summed E-state index contributed by atoms with van der Waals surface area (Å²) >= 11 is 1.78. The molecule has 2 heterocycles. The van der Waals surface area contributed by atoms with Gasteiger partial charge >= 0.3 is 0 Å². The minimum Gasteiger partial charge on any atom is -0.314 e. The van der Waals surface area contributed by atoms with Gasteiger partial charge in [-0.1, -0.05) is 12.8 Å². The van der Waals surface area contributed by atoms with Crippen LogP contribution < -0.4 is 10.6 Å².